The largest absolute Gasteiger partial charge is 0.372 e. The summed E-state index contributed by atoms with van der Waals surface area (Å²) in [5.74, 6) is -0.949. The highest BCUT2D eigenvalue weighted by Gasteiger charge is 2.40. The Kier molecular flexibility index (Phi) is 6.34. The van der Waals surface area contributed by atoms with Gasteiger partial charge in [0.05, 0.1) is 13.2 Å². The monoisotopic (exact) mass is 375 g/mol. The lowest BCUT2D eigenvalue weighted by atomic mass is 10.0. The number of piperidine rings is 1. The first-order valence-electron chi connectivity index (χ1n) is 9.76. The average Bonchev–Trinajstić information content (AvgIpc) is 3.12. The van der Waals surface area contributed by atoms with Crippen molar-refractivity contribution >= 4 is 23.2 Å². The van der Waals surface area contributed by atoms with Crippen LogP contribution in [0.4, 0.5) is 11.4 Å². The lowest BCUT2D eigenvalue weighted by Gasteiger charge is -2.37. The number of benzene rings is 1. The van der Waals surface area contributed by atoms with Crippen molar-refractivity contribution in [2.45, 2.75) is 38.9 Å². The summed E-state index contributed by atoms with van der Waals surface area (Å²) in [4.78, 5) is 28.6. The third-order valence-electron chi connectivity index (χ3n) is 5.28. The van der Waals surface area contributed by atoms with Crippen molar-refractivity contribution in [3.63, 3.8) is 0 Å². The number of amides is 2. The van der Waals surface area contributed by atoms with E-state index in [1.54, 1.807) is 4.90 Å². The zero-order valence-corrected chi connectivity index (χ0v) is 16.2. The molecule has 3 rings (SSSR count). The van der Waals surface area contributed by atoms with Crippen LogP contribution in [0.5, 0.6) is 0 Å². The topological polar surface area (TPSA) is 71.1 Å². The maximum atomic E-state index is 12.4. The Morgan fingerprint density at radius 1 is 1.07 bits per heavy atom. The van der Waals surface area contributed by atoms with Crippen molar-refractivity contribution in [1.82, 2.24) is 4.90 Å². The van der Waals surface area contributed by atoms with Gasteiger partial charge in [-0.3, -0.25) is 9.59 Å². The molecule has 2 saturated heterocycles. The van der Waals surface area contributed by atoms with Crippen molar-refractivity contribution in [3.8, 4) is 0 Å². The highest BCUT2D eigenvalue weighted by atomic mass is 16.7. The van der Waals surface area contributed by atoms with Crippen LogP contribution in [0.25, 0.3) is 0 Å². The van der Waals surface area contributed by atoms with Crippen molar-refractivity contribution in [2.75, 3.05) is 49.6 Å². The summed E-state index contributed by atoms with van der Waals surface area (Å²) in [5, 5.41) is 2.81. The maximum Gasteiger partial charge on any atom is 0.233 e. The number of carbonyl (C=O) groups is 2. The molecule has 1 N–H and O–H groups in total. The molecule has 148 valence electrons. The van der Waals surface area contributed by atoms with E-state index in [0.29, 0.717) is 44.8 Å². The smallest absolute Gasteiger partial charge is 0.233 e. The molecule has 2 amide bonds. The third-order valence-corrected chi connectivity index (χ3v) is 5.28. The van der Waals surface area contributed by atoms with Crippen molar-refractivity contribution in [3.05, 3.63) is 24.3 Å². The van der Waals surface area contributed by atoms with Crippen LogP contribution in [-0.4, -0.2) is 61.9 Å². The molecule has 7 nitrogen and oxygen atoms in total. The van der Waals surface area contributed by atoms with E-state index in [1.807, 2.05) is 24.3 Å². The highest BCUT2D eigenvalue weighted by molar-refractivity contribution is 6.03. The van der Waals surface area contributed by atoms with Gasteiger partial charge in [0.15, 0.2) is 5.79 Å². The van der Waals surface area contributed by atoms with Gasteiger partial charge in [-0.25, -0.2) is 0 Å². The molecule has 1 aromatic carbocycles. The third kappa shape index (κ3) is 4.78. The first kappa shape index (κ1) is 19.6. The van der Waals surface area contributed by atoms with Gasteiger partial charge in [-0.15, -0.1) is 0 Å². The quantitative estimate of drug-likeness (QED) is 0.772. The second-order valence-corrected chi connectivity index (χ2v) is 6.93. The van der Waals surface area contributed by atoms with Crippen LogP contribution >= 0.6 is 0 Å². The summed E-state index contributed by atoms with van der Waals surface area (Å²) in [5.41, 5.74) is 1.82. The number of hydrogen-bond acceptors (Lipinski definition) is 5. The lowest BCUT2D eigenvalue weighted by molar-refractivity contribution is -0.187. The van der Waals surface area contributed by atoms with E-state index in [1.165, 1.54) is 0 Å². The molecular formula is C20H29N3O4. The minimum atomic E-state index is -0.508. The number of likely N-dealkylation sites (tertiary alicyclic amines) is 1. The molecule has 0 atom stereocenters. The van der Waals surface area contributed by atoms with E-state index in [4.69, 9.17) is 9.47 Å². The van der Waals surface area contributed by atoms with Gasteiger partial charge in [0.2, 0.25) is 11.8 Å². The SMILES string of the molecule is CCN(CC)c1ccc(NC(=O)CC(=O)N2CCC3(CC2)OCCO3)cc1. The number of rotatable bonds is 6. The van der Waals surface area contributed by atoms with E-state index in [2.05, 4.69) is 24.1 Å². The number of nitrogens with zero attached hydrogens (tertiary/aromatic N) is 2. The van der Waals surface area contributed by atoms with Gasteiger partial charge in [0.25, 0.3) is 0 Å². The predicted octanol–water partition coefficient (Wildman–Crippen LogP) is 2.23. The maximum absolute atomic E-state index is 12.4. The molecule has 0 aliphatic carbocycles. The highest BCUT2D eigenvalue weighted by Crippen LogP contribution is 2.31. The van der Waals surface area contributed by atoms with Crippen LogP contribution in [0.15, 0.2) is 24.3 Å². The van der Waals surface area contributed by atoms with Gasteiger partial charge >= 0.3 is 0 Å². The lowest BCUT2D eigenvalue weighted by Crippen LogP contribution is -2.47. The van der Waals surface area contributed by atoms with E-state index in [-0.39, 0.29) is 18.2 Å². The Morgan fingerprint density at radius 3 is 2.22 bits per heavy atom. The van der Waals surface area contributed by atoms with Crippen LogP contribution < -0.4 is 10.2 Å². The first-order valence-corrected chi connectivity index (χ1v) is 9.76. The molecular weight excluding hydrogens is 346 g/mol. The van der Waals surface area contributed by atoms with Gasteiger partial charge in [-0.1, -0.05) is 0 Å². The summed E-state index contributed by atoms with van der Waals surface area (Å²) >= 11 is 0. The molecule has 0 aromatic heterocycles. The van der Waals surface area contributed by atoms with Gasteiger partial charge in [-0.05, 0) is 38.1 Å². The number of ether oxygens (including phenoxy) is 2. The van der Waals surface area contributed by atoms with Crippen LogP contribution in [0.2, 0.25) is 0 Å². The summed E-state index contributed by atoms with van der Waals surface area (Å²) in [6.07, 6.45) is 1.17. The fourth-order valence-electron chi connectivity index (χ4n) is 3.68. The molecule has 2 aliphatic heterocycles. The van der Waals surface area contributed by atoms with Gasteiger partial charge in [-0.2, -0.15) is 0 Å². The number of hydrogen-bond donors (Lipinski definition) is 1. The van der Waals surface area contributed by atoms with E-state index in [9.17, 15) is 9.59 Å². The van der Waals surface area contributed by atoms with E-state index >= 15 is 0 Å². The zero-order chi connectivity index (χ0) is 19.3. The van der Waals surface area contributed by atoms with Crippen molar-refractivity contribution in [2.24, 2.45) is 0 Å². The van der Waals surface area contributed by atoms with Crippen LogP contribution in [0, 0.1) is 0 Å². The minimum absolute atomic E-state index is 0.146. The Morgan fingerprint density at radius 2 is 1.67 bits per heavy atom. The van der Waals surface area contributed by atoms with Gasteiger partial charge in [0.1, 0.15) is 6.42 Å². The molecule has 2 heterocycles. The molecule has 0 bridgehead atoms. The summed E-state index contributed by atoms with van der Waals surface area (Å²) < 4.78 is 11.3. The van der Waals surface area contributed by atoms with Gasteiger partial charge < -0.3 is 24.6 Å². The van der Waals surface area contributed by atoms with E-state index < -0.39 is 5.79 Å². The minimum Gasteiger partial charge on any atom is -0.372 e. The molecule has 0 unspecified atom stereocenters. The van der Waals surface area contributed by atoms with Gasteiger partial charge in [0, 0.05) is 50.4 Å². The number of nitrogens with one attached hydrogen (secondary N) is 1. The standard InChI is InChI=1S/C20H29N3O4/c1-3-22(4-2)17-7-5-16(6-8-17)21-18(24)15-19(25)23-11-9-20(10-12-23)26-13-14-27-20/h5-8H,3-4,9-15H2,1-2H3,(H,21,24). The Labute approximate surface area is 160 Å². The predicted molar refractivity (Wildman–Crippen MR) is 104 cm³/mol. The molecule has 1 spiro atoms. The second kappa shape index (κ2) is 8.71. The Balaban J connectivity index is 1.47. The molecule has 0 saturated carbocycles. The average molecular weight is 375 g/mol. The number of carbonyl (C=O) groups excluding carboxylic acids is 2. The number of anilines is 2. The first-order chi connectivity index (χ1) is 13.0. The Bertz CT molecular complexity index is 642. The summed E-state index contributed by atoms with van der Waals surface area (Å²) in [7, 11) is 0. The van der Waals surface area contributed by atoms with E-state index in [0.717, 1.165) is 18.8 Å². The molecule has 2 aliphatic rings. The summed E-state index contributed by atoms with van der Waals surface area (Å²) in [6, 6.07) is 7.71. The fraction of sp³-hybridized carbons (Fsp3) is 0.600. The fourth-order valence-corrected chi connectivity index (χ4v) is 3.68. The second-order valence-electron chi connectivity index (χ2n) is 6.93. The van der Waals surface area contributed by atoms with Crippen LogP contribution in [-0.2, 0) is 19.1 Å². The molecule has 2 fully saturated rings. The van der Waals surface area contributed by atoms with Crippen molar-refractivity contribution < 1.29 is 19.1 Å². The summed E-state index contributed by atoms with van der Waals surface area (Å²) in [6.45, 7) is 8.44. The molecule has 1 aromatic rings. The Hall–Kier alpha value is -2.12. The van der Waals surface area contributed by atoms with Crippen molar-refractivity contribution in [1.29, 1.82) is 0 Å². The van der Waals surface area contributed by atoms with Crippen LogP contribution in [0.3, 0.4) is 0 Å². The molecule has 0 radical (unpaired) electrons. The normalized spacial score (nSPS) is 18.5. The zero-order valence-electron chi connectivity index (χ0n) is 16.2. The molecule has 7 heteroatoms. The van der Waals surface area contributed by atoms with Crippen LogP contribution in [0.1, 0.15) is 33.1 Å². The molecule has 27 heavy (non-hydrogen) atoms.